The number of hydrogen-bond acceptors (Lipinski definition) is 6. The molecule has 3 aromatic rings. The summed E-state index contributed by atoms with van der Waals surface area (Å²) in [5.74, 6) is 0.233. The quantitative estimate of drug-likeness (QED) is 0.230. The maximum Gasteiger partial charge on any atom is 0.341 e. The molecule has 1 spiro atoms. The number of carboxylic acids is 1. The number of nitrogens with zero attached hydrogens (tertiary/aromatic N) is 1. The second-order valence-corrected chi connectivity index (χ2v) is 15.1. The second-order valence-electron chi connectivity index (χ2n) is 13.2. The predicted molar refractivity (Wildman–Crippen MR) is 179 cm³/mol. The topological polar surface area (TPSA) is 102 Å². The highest BCUT2D eigenvalue weighted by Crippen LogP contribution is 2.52. The van der Waals surface area contributed by atoms with Gasteiger partial charge >= 0.3 is 5.97 Å². The molecule has 0 unspecified atom stereocenters. The Morgan fingerprint density at radius 1 is 1.07 bits per heavy atom. The minimum absolute atomic E-state index is 0.0282. The molecular weight excluding hydrogens is 602 g/mol. The fraction of sp³-hybridized carbons (Fsp3) is 0.432. The van der Waals surface area contributed by atoms with Crippen molar-refractivity contribution in [3.63, 3.8) is 0 Å². The molecule has 0 aliphatic carbocycles. The van der Waals surface area contributed by atoms with Gasteiger partial charge in [-0.15, -0.1) is 0 Å². The van der Waals surface area contributed by atoms with Crippen LogP contribution in [0.1, 0.15) is 62.8 Å². The molecule has 2 aliphatic rings. The number of hydrogen-bond donors (Lipinski definition) is 1. The first-order valence-corrected chi connectivity index (χ1v) is 17.3. The molecule has 0 aromatic heterocycles. The SMILES string of the molecule is C=C(C)[C@H]1CC2(CCN(S(=O)(=O)c3cccc(-c4ccc(OC(C)C)cc4)c3)CC2)CO[C@@H]1c1c(C)cc(C)cc1OCC(=O)O. The Labute approximate surface area is 273 Å². The first-order chi connectivity index (χ1) is 21.8. The molecule has 2 atom stereocenters. The van der Waals surface area contributed by atoms with Crippen LogP contribution in [0, 0.1) is 25.2 Å². The molecular formula is C37H45NO7S. The largest absolute Gasteiger partial charge is 0.491 e. The van der Waals surface area contributed by atoms with E-state index in [9.17, 15) is 18.3 Å². The Morgan fingerprint density at radius 3 is 2.39 bits per heavy atom. The van der Waals surface area contributed by atoms with Gasteiger partial charge in [0.25, 0.3) is 0 Å². The smallest absolute Gasteiger partial charge is 0.341 e. The lowest BCUT2D eigenvalue weighted by Crippen LogP contribution is -2.48. The molecule has 0 bridgehead atoms. The normalized spacial score (nSPS) is 20.0. The van der Waals surface area contributed by atoms with E-state index in [0.717, 1.165) is 45.6 Å². The number of piperidine rings is 1. The lowest BCUT2D eigenvalue weighted by molar-refractivity contribution is -0.139. The summed E-state index contributed by atoms with van der Waals surface area (Å²) in [4.78, 5) is 11.6. The van der Waals surface area contributed by atoms with Crippen LogP contribution in [-0.4, -0.2) is 56.2 Å². The summed E-state index contributed by atoms with van der Waals surface area (Å²) in [5, 5.41) is 9.25. The lowest BCUT2D eigenvalue weighted by Gasteiger charge is -2.49. The lowest BCUT2D eigenvalue weighted by atomic mass is 9.67. The van der Waals surface area contributed by atoms with Crippen LogP contribution in [0.25, 0.3) is 11.1 Å². The van der Waals surface area contributed by atoms with Crippen LogP contribution in [0.3, 0.4) is 0 Å². The van der Waals surface area contributed by atoms with Crippen LogP contribution in [0.2, 0.25) is 0 Å². The number of sulfonamides is 1. The van der Waals surface area contributed by atoms with Crippen LogP contribution >= 0.6 is 0 Å². The molecule has 0 radical (unpaired) electrons. The highest BCUT2D eigenvalue weighted by molar-refractivity contribution is 7.89. The van der Waals surface area contributed by atoms with Gasteiger partial charge in [0.15, 0.2) is 6.61 Å². The van der Waals surface area contributed by atoms with Gasteiger partial charge in [-0.2, -0.15) is 4.31 Å². The van der Waals surface area contributed by atoms with E-state index in [4.69, 9.17) is 14.2 Å². The fourth-order valence-electron chi connectivity index (χ4n) is 6.83. The summed E-state index contributed by atoms with van der Waals surface area (Å²) in [6.07, 6.45) is 1.90. The van der Waals surface area contributed by atoms with E-state index in [1.165, 1.54) is 0 Å². The molecule has 3 aromatic carbocycles. The van der Waals surface area contributed by atoms with Gasteiger partial charge in [0, 0.05) is 24.6 Å². The van der Waals surface area contributed by atoms with Gasteiger partial charge in [-0.25, -0.2) is 13.2 Å². The molecule has 8 nitrogen and oxygen atoms in total. The molecule has 1 N–H and O–H groups in total. The van der Waals surface area contributed by atoms with Crippen molar-refractivity contribution in [3.05, 3.63) is 89.5 Å². The zero-order chi connectivity index (χ0) is 33.2. The Hall–Kier alpha value is -3.66. The summed E-state index contributed by atoms with van der Waals surface area (Å²) >= 11 is 0. The van der Waals surface area contributed by atoms with Gasteiger partial charge in [-0.05, 0) is 112 Å². The predicted octanol–water partition coefficient (Wildman–Crippen LogP) is 7.35. The molecule has 0 amide bonds. The van der Waals surface area contributed by atoms with Crippen LogP contribution in [0.5, 0.6) is 11.5 Å². The monoisotopic (exact) mass is 647 g/mol. The number of aliphatic carboxylic acids is 1. The summed E-state index contributed by atoms with van der Waals surface area (Å²) in [6, 6.07) is 18.7. The Balaban J connectivity index is 1.31. The minimum atomic E-state index is -3.70. The second kappa shape index (κ2) is 13.6. The highest BCUT2D eigenvalue weighted by atomic mass is 32.2. The summed E-state index contributed by atoms with van der Waals surface area (Å²) in [5.41, 5.74) is 5.37. The number of carbonyl (C=O) groups is 1. The molecule has 46 heavy (non-hydrogen) atoms. The molecule has 2 fully saturated rings. The van der Waals surface area contributed by atoms with Crippen molar-refractivity contribution < 1.29 is 32.5 Å². The molecule has 2 saturated heterocycles. The van der Waals surface area contributed by atoms with Crippen LogP contribution in [-0.2, 0) is 19.6 Å². The van der Waals surface area contributed by atoms with Gasteiger partial charge < -0.3 is 19.3 Å². The summed E-state index contributed by atoms with van der Waals surface area (Å²) in [6.45, 7) is 15.1. The third kappa shape index (κ3) is 7.32. The molecule has 5 rings (SSSR count). The number of rotatable bonds is 10. The average molecular weight is 648 g/mol. The summed E-state index contributed by atoms with van der Waals surface area (Å²) in [7, 11) is -3.70. The van der Waals surface area contributed by atoms with E-state index in [-0.39, 0.29) is 28.4 Å². The van der Waals surface area contributed by atoms with Crippen molar-refractivity contribution in [2.45, 2.75) is 71.0 Å². The van der Waals surface area contributed by atoms with E-state index in [1.54, 1.807) is 22.5 Å². The van der Waals surface area contributed by atoms with E-state index in [0.29, 0.717) is 38.3 Å². The first kappa shape index (κ1) is 33.7. The molecule has 2 aliphatic heterocycles. The van der Waals surface area contributed by atoms with Gasteiger partial charge in [0.2, 0.25) is 10.0 Å². The van der Waals surface area contributed by atoms with Crippen molar-refractivity contribution in [2.24, 2.45) is 11.3 Å². The number of ether oxygens (including phenoxy) is 3. The van der Waals surface area contributed by atoms with Crippen molar-refractivity contribution in [2.75, 3.05) is 26.3 Å². The average Bonchev–Trinajstić information content (AvgIpc) is 3.00. The molecule has 246 valence electrons. The number of benzene rings is 3. The first-order valence-electron chi connectivity index (χ1n) is 15.9. The maximum absolute atomic E-state index is 13.8. The van der Waals surface area contributed by atoms with Gasteiger partial charge in [0.05, 0.1) is 23.7 Å². The third-order valence-electron chi connectivity index (χ3n) is 9.16. The van der Waals surface area contributed by atoms with Crippen molar-refractivity contribution >= 4 is 16.0 Å². The highest BCUT2D eigenvalue weighted by Gasteiger charge is 2.46. The van der Waals surface area contributed by atoms with Gasteiger partial charge in [0.1, 0.15) is 11.5 Å². The zero-order valence-corrected chi connectivity index (χ0v) is 28.2. The van der Waals surface area contributed by atoms with Gasteiger partial charge in [-0.1, -0.05) is 42.5 Å². The standard InChI is InChI=1S/C37H45NO7S/c1-24(2)32-21-37(23-44-36(32)35-27(6)18-26(5)19-33(35)43-22-34(39)40)14-16-38(17-15-37)46(41,42)31-9-7-8-29(20-31)28-10-12-30(13-11-28)45-25(3)4/h7-13,18-20,25,32,36H,1,14-17,21-23H2,2-6H3,(H,39,40)/t32-,36+/m1/s1. The Bertz CT molecular complexity index is 1690. The van der Waals surface area contributed by atoms with Crippen LogP contribution in [0.4, 0.5) is 0 Å². The Kier molecular flexibility index (Phi) is 9.96. The maximum atomic E-state index is 13.8. The van der Waals surface area contributed by atoms with E-state index < -0.39 is 22.6 Å². The number of carboxylic acid groups (broad SMARTS) is 1. The minimum Gasteiger partial charge on any atom is -0.491 e. The van der Waals surface area contributed by atoms with Crippen molar-refractivity contribution in [1.82, 2.24) is 4.31 Å². The molecule has 2 heterocycles. The molecule has 0 saturated carbocycles. The third-order valence-corrected chi connectivity index (χ3v) is 11.1. The Morgan fingerprint density at radius 2 is 1.76 bits per heavy atom. The van der Waals surface area contributed by atoms with E-state index >= 15 is 0 Å². The molecule has 9 heteroatoms. The number of aryl methyl sites for hydroxylation is 2. The van der Waals surface area contributed by atoms with Crippen LogP contribution < -0.4 is 9.47 Å². The van der Waals surface area contributed by atoms with Crippen molar-refractivity contribution in [1.29, 1.82) is 0 Å². The van der Waals surface area contributed by atoms with E-state index in [2.05, 4.69) is 12.6 Å². The van der Waals surface area contributed by atoms with Gasteiger partial charge in [-0.3, -0.25) is 0 Å². The zero-order valence-electron chi connectivity index (χ0n) is 27.4. The van der Waals surface area contributed by atoms with E-state index in [1.807, 2.05) is 71.0 Å². The summed E-state index contributed by atoms with van der Waals surface area (Å²) < 4.78 is 47.4. The van der Waals surface area contributed by atoms with Crippen LogP contribution in [0.15, 0.2) is 77.7 Å². The van der Waals surface area contributed by atoms with Crippen molar-refractivity contribution in [3.8, 4) is 22.6 Å². The fourth-order valence-corrected chi connectivity index (χ4v) is 8.32.